The zero-order chi connectivity index (χ0) is 11.5. The van der Waals surface area contributed by atoms with Gasteiger partial charge in [0.1, 0.15) is 0 Å². The van der Waals surface area contributed by atoms with Crippen LogP contribution in [0.3, 0.4) is 0 Å². The number of rotatable bonds is 3. The quantitative estimate of drug-likeness (QED) is 0.699. The third-order valence-corrected chi connectivity index (χ3v) is 3.72. The Hall–Kier alpha value is -0.940. The Labute approximate surface area is 107 Å². The van der Waals surface area contributed by atoms with Gasteiger partial charge in [0.25, 0.3) is 0 Å². The molecule has 84 valence electrons. The lowest BCUT2D eigenvalue weighted by atomic mass is 10.3. The predicted molar refractivity (Wildman–Crippen MR) is 71.3 cm³/mol. The summed E-state index contributed by atoms with van der Waals surface area (Å²) < 4.78 is 2.85. The van der Waals surface area contributed by atoms with Crippen LogP contribution in [-0.4, -0.2) is 9.78 Å². The van der Waals surface area contributed by atoms with Gasteiger partial charge in [-0.05, 0) is 24.3 Å². The molecule has 2 aromatic rings. The molecule has 0 saturated heterocycles. The van der Waals surface area contributed by atoms with Crippen molar-refractivity contribution < 1.29 is 0 Å². The van der Waals surface area contributed by atoms with E-state index in [4.69, 9.17) is 5.73 Å². The third-order valence-electron chi connectivity index (χ3n) is 2.12. The van der Waals surface area contributed by atoms with Crippen LogP contribution in [0, 0.1) is 0 Å². The number of nitrogens with two attached hydrogens (primary N) is 1. The molecule has 0 unspecified atom stereocenters. The van der Waals surface area contributed by atoms with Crippen molar-refractivity contribution in [3.05, 3.63) is 40.6 Å². The fourth-order valence-corrected chi connectivity index (χ4v) is 2.74. The molecule has 5 heteroatoms. The highest BCUT2D eigenvalue weighted by Crippen LogP contribution is 2.30. The SMILES string of the molecule is Cn1ccc(CSc2cc(Br)ccc2N)n1. The van der Waals surface area contributed by atoms with E-state index < -0.39 is 0 Å². The van der Waals surface area contributed by atoms with Gasteiger partial charge >= 0.3 is 0 Å². The number of hydrogen-bond acceptors (Lipinski definition) is 3. The number of nitrogens with zero attached hydrogens (tertiary/aromatic N) is 2. The van der Waals surface area contributed by atoms with Crippen molar-refractivity contribution in [2.24, 2.45) is 7.05 Å². The van der Waals surface area contributed by atoms with Gasteiger partial charge in [0.05, 0.1) is 5.69 Å². The van der Waals surface area contributed by atoms with E-state index in [1.54, 1.807) is 16.4 Å². The Morgan fingerprint density at radius 2 is 2.25 bits per heavy atom. The van der Waals surface area contributed by atoms with Crippen molar-refractivity contribution in [2.75, 3.05) is 5.73 Å². The lowest BCUT2D eigenvalue weighted by Crippen LogP contribution is -1.91. The molecule has 1 aromatic heterocycles. The van der Waals surface area contributed by atoms with E-state index in [1.165, 1.54) is 0 Å². The topological polar surface area (TPSA) is 43.8 Å². The molecular weight excluding hydrogens is 286 g/mol. The first kappa shape index (κ1) is 11.5. The van der Waals surface area contributed by atoms with Crippen molar-refractivity contribution in [2.45, 2.75) is 10.6 Å². The van der Waals surface area contributed by atoms with Gasteiger partial charge in [-0.3, -0.25) is 4.68 Å². The minimum Gasteiger partial charge on any atom is -0.398 e. The Kier molecular flexibility index (Phi) is 3.56. The van der Waals surface area contributed by atoms with Crippen LogP contribution in [-0.2, 0) is 12.8 Å². The second kappa shape index (κ2) is 4.93. The summed E-state index contributed by atoms with van der Waals surface area (Å²) in [4.78, 5) is 1.08. The van der Waals surface area contributed by atoms with E-state index in [2.05, 4.69) is 21.0 Å². The van der Waals surface area contributed by atoms with Crippen LogP contribution in [0.2, 0.25) is 0 Å². The molecule has 0 atom stereocenters. The first-order chi connectivity index (χ1) is 7.65. The first-order valence-corrected chi connectivity index (χ1v) is 6.59. The van der Waals surface area contributed by atoms with E-state index in [0.29, 0.717) is 0 Å². The maximum Gasteiger partial charge on any atom is 0.0727 e. The predicted octanol–water partition coefficient (Wildman–Crippen LogP) is 3.06. The van der Waals surface area contributed by atoms with Crippen LogP contribution in [0.4, 0.5) is 5.69 Å². The van der Waals surface area contributed by atoms with Gasteiger partial charge < -0.3 is 5.73 Å². The van der Waals surface area contributed by atoms with Gasteiger partial charge in [-0.1, -0.05) is 15.9 Å². The van der Waals surface area contributed by atoms with Gasteiger partial charge in [-0.2, -0.15) is 5.10 Å². The first-order valence-electron chi connectivity index (χ1n) is 4.81. The molecule has 0 aliphatic rings. The zero-order valence-electron chi connectivity index (χ0n) is 8.85. The lowest BCUT2D eigenvalue weighted by molar-refractivity contribution is 0.755. The fraction of sp³-hybridized carbons (Fsp3) is 0.182. The molecule has 0 fully saturated rings. The van der Waals surface area contributed by atoms with Crippen molar-refractivity contribution >= 4 is 33.4 Å². The number of thioether (sulfide) groups is 1. The number of halogens is 1. The molecule has 2 rings (SSSR count). The normalized spacial score (nSPS) is 10.6. The van der Waals surface area contributed by atoms with Crippen LogP contribution in [0.1, 0.15) is 5.69 Å². The van der Waals surface area contributed by atoms with Crippen molar-refractivity contribution in [1.29, 1.82) is 0 Å². The van der Waals surface area contributed by atoms with Crippen molar-refractivity contribution in [1.82, 2.24) is 9.78 Å². The molecule has 0 bridgehead atoms. The highest BCUT2D eigenvalue weighted by molar-refractivity contribution is 9.10. The van der Waals surface area contributed by atoms with Gasteiger partial charge in [-0.15, -0.1) is 11.8 Å². The maximum absolute atomic E-state index is 5.89. The van der Waals surface area contributed by atoms with Crippen LogP contribution in [0.5, 0.6) is 0 Å². The number of aromatic nitrogens is 2. The monoisotopic (exact) mass is 297 g/mol. The zero-order valence-corrected chi connectivity index (χ0v) is 11.3. The molecule has 0 aliphatic heterocycles. The minimum atomic E-state index is 0.809. The number of benzene rings is 1. The molecule has 0 spiro atoms. The molecule has 0 radical (unpaired) electrons. The van der Waals surface area contributed by atoms with Gasteiger partial charge in [0.15, 0.2) is 0 Å². The second-order valence-electron chi connectivity index (χ2n) is 3.45. The molecule has 0 saturated carbocycles. The van der Waals surface area contributed by atoms with Crippen LogP contribution in [0.15, 0.2) is 39.8 Å². The molecule has 1 aromatic carbocycles. The number of hydrogen-bond donors (Lipinski definition) is 1. The summed E-state index contributed by atoms with van der Waals surface area (Å²) in [6, 6.07) is 7.90. The van der Waals surface area contributed by atoms with E-state index in [0.717, 1.165) is 26.5 Å². The molecule has 3 nitrogen and oxygen atoms in total. The number of aryl methyl sites for hydroxylation is 1. The summed E-state index contributed by atoms with van der Waals surface area (Å²) in [5.74, 6) is 0.835. The van der Waals surface area contributed by atoms with E-state index in [1.807, 2.05) is 37.5 Å². The standard InChI is InChI=1S/C11H12BrN3S/c1-15-5-4-9(14-15)7-16-11-6-8(12)2-3-10(11)13/h2-6H,7,13H2,1H3. The summed E-state index contributed by atoms with van der Waals surface area (Å²) in [6.07, 6.45) is 1.94. The van der Waals surface area contributed by atoms with Crippen molar-refractivity contribution in [3.63, 3.8) is 0 Å². The van der Waals surface area contributed by atoms with Gasteiger partial charge in [-0.25, -0.2) is 0 Å². The molecular formula is C11H12BrN3S. The average Bonchev–Trinajstić information content (AvgIpc) is 2.66. The van der Waals surface area contributed by atoms with Gasteiger partial charge in [0, 0.05) is 34.1 Å². The summed E-state index contributed by atoms with van der Waals surface area (Å²) >= 11 is 5.13. The van der Waals surface area contributed by atoms with Crippen LogP contribution < -0.4 is 5.73 Å². The summed E-state index contributed by atoms with van der Waals surface area (Å²) in [6.45, 7) is 0. The fourth-order valence-electron chi connectivity index (χ4n) is 1.33. The van der Waals surface area contributed by atoms with Crippen LogP contribution in [0.25, 0.3) is 0 Å². The third kappa shape index (κ3) is 2.80. The van der Waals surface area contributed by atoms with Crippen molar-refractivity contribution in [3.8, 4) is 0 Å². The molecule has 2 N–H and O–H groups in total. The summed E-state index contributed by atoms with van der Waals surface area (Å²) in [5.41, 5.74) is 7.76. The Morgan fingerprint density at radius 1 is 1.44 bits per heavy atom. The Morgan fingerprint density at radius 3 is 2.94 bits per heavy atom. The molecule has 0 amide bonds. The Bertz CT molecular complexity index is 496. The summed E-state index contributed by atoms with van der Waals surface area (Å²) in [7, 11) is 1.92. The number of anilines is 1. The molecule has 0 aliphatic carbocycles. The average molecular weight is 298 g/mol. The molecule has 16 heavy (non-hydrogen) atoms. The number of nitrogen functional groups attached to an aromatic ring is 1. The summed E-state index contributed by atoms with van der Waals surface area (Å²) in [5, 5.41) is 4.32. The minimum absolute atomic E-state index is 0.809. The van der Waals surface area contributed by atoms with E-state index >= 15 is 0 Å². The smallest absolute Gasteiger partial charge is 0.0727 e. The highest BCUT2D eigenvalue weighted by Gasteiger charge is 2.03. The molecule has 1 heterocycles. The van der Waals surface area contributed by atoms with E-state index in [-0.39, 0.29) is 0 Å². The highest BCUT2D eigenvalue weighted by atomic mass is 79.9. The van der Waals surface area contributed by atoms with E-state index in [9.17, 15) is 0 Å². The second-order valence-corrected chi connectivity index (χ2v) is 5.38. The van der Waals surface area contributed by atoms with Crippen LogP contribution >= 0.6 is 27.7 Å². The largest absolute Gasteiger partial charge is 0.398 e. The Balaban J connectivity index is 2.07. The lowest BCUT2D eigenvalue weighted by Gasteiger charge is -2.04. The van der Waals surface area contributed by atoms with Gasteiger partial charge in [0.2, 0.25) is 0 Å². The maximum atomic E-state index is 5.89.